The second kappa shape index (κ2) is 4.95. The molecule has 0 spiro atoms. The van der Waals surface area contributed by atoms with Crippen molar-refractivity contribution in [1.82, 2.24) is 10.0 Å². The quantitative estimate of drug-likeness (QED) is 0.794. The van der Waals surface area contributed by atoms with Crippen LogP contribution in [0.3, 0.4) is 0 Å². The molecule has 2 heterocycles. The van der Waals surface area contributed by atoms with Gasteiger partial charge in [0.25, 0.3) is 0 Å². The van der Waals surface area contributed by atoms with Crippen LogP contribution in [0.5, 0.6) is 11.5 Å². The van der Waals surface area contributed by atoms with Crippen LogP contribution in [0.2, 0.25) is 0 Å². The Morgan fingerprint density at radius 3 is 2.80 bits per heavy atom. The molecule has 1 saturated heterocycles. The van der Waals surface area contributed by atoms with Crippen molar-refractivity contribution in [2.45, 2.75) is 17.4 Å². The van der Waals surface area contributed by atoms with E-state index in [1.165, 1.54) is 6.07 Å². The SMILES string of the molecule is O=C1NCC[C@@H]1NS(=O)(=O)c1cccc2c1OCCO2. The first-order valence-corrected chi connectivity index (χ1v) is 7.75. The highest BCUT2D eigenvalue weighted by Gasteiger charge is 2.32. The zero-order valence-corrected chi connectivity index (χ0v) is 11.4. The van der Waals surface area contributed by atoms with E-state index in [4.69, 9.17) is 9.47 Å². The predicted molar refractivity (Wildman–Crippen MR) is 69.2 cm³/mol. The van der Waals surface area contributed by atoms with Gasteiger partial charge in [-0.25, -0.2) is 8.42 Å². The van der Waals surface area contributed by atoms with Gasteiger partial charge in [0, 0.05) is 6.54 Å². The Kier molecular flexibility index (Phi) is 3.27. The Morgan fingerprint density at radius 2 is 2.05 bits per heavy atom. The minimum absolute atomic E-state index is 0.00519. The van der Waals surface area contributed by atoms with Crippen LogP contribution in [0.15, 0.2) is 23.1 Å². The molecule has 20 heavy (non-hydrogen) atoms. The van der Waals surface area contributed by atoms with Crippen LogP contribution < -0.4 is 19.5 Å². The van der Waals surface area contributed by atoms with E-state index >= 15 is 0 Å². The van der Waals surface area contributed by atoms with Gasteiger partial charge in [-0.3, -0.25) is 4.79 Å². The van der Waals surface area contributed by atoms with E-state index < -0.39 is 16.1 Å². The average Bonchev–Trinajstić information content (AvgIpc) is 2.83. The number of carbonyl (C=O) groups excluding carboxylic acids is 1. The van der Waals surface area contributed by atoms with Gasteiger partial charge in [-0.2, -0.15) is 4.72 Å². The number of fused-ring (bicyclic) bond motifs is 1. The first kappa shape index (κ1) is 13.2. The molecule has 1 amide bonds. The molecule has 0 aromatic heterocycles. The summed E-state index contributed by atoms with van der Waals surface area (Å²) in [5.74, 6) is 0.287. The lowest BCUT2D eigenvalue weighted by molar-refractivity contribution is -0.120. The molecule has 3 rings (SSSR count). The first-order valence-electron chi connectivity index (χ1n) is 6.26. The molecule has 1 aromatic rings. The van der Waals surface area contributed by atoms with Gasteiger partial charge < -0.3 is 14.8 Å². The maximum Gasteiger partial charge on any atom is 0.245 e. The van der Waals surface area contributed by atoms with E-state index in [0.29, 0.717) is 31.9 Å². The number of rotatable bonds is 3. The van der Waals surface area contributed by atoms with Gasteiger partial charge in [0.05, 0.1) is 0 Å². The Labute approximate surface area is 116 Å². The third-order valence-corrected chi connectivity index (χ3v) is 4.66. The summed E-state index contributed by atoms with van der Waals surface area (Å²) in [6.07, 6.45) is 0.435. The molecule has 108 valence electrons. The molecule has 2 N–H and O–H groups in total. The minimum Gasteiger partial charge on any atom is -0.486 e. The Bertz CT molecular complexity index is 643. The summed E-state index contributed by atoms with van der Waals surface area (Å²) < 4.78 is 37.9. The minimum atomic E-state index is -3.83. The number of hydrogen-bond donors (Lipinski definition) is 2. The highest BCUT2D eigenvalue weighted by Crippen LogP contribution is 2.36. The van der Waals surface area contributed by atoms with Crippen molar-refractivity contribution < 1.29 is 22.7 Å². The topological polar surface area (TPSA) is 93.7 Å². The van der Waals surface area contributed by atoms with Gasteiger partial charge in [-0.05, 0) is 18.6 Å². The van der Waals surface area contributed by atoms with Crippen LogP contribution in [0, 0.1) is 0 Å². The number of sulfonamides is 1. The van der Waals surface area contributed by atoms with Crippen LogP contribution in [0.25, 0.3) is 0 Å². The van der Waals surface area contributed by atoms with Crippen LogP contribution >= 0.6 is 0 Å². The van der Waals surface area contributed by atoms with Gasteiger partial charge in [0.15, 0.2) is 11.5 Å². The van der Waals surface area contributed by atoms with Crippen molar-refractivity contribution in [1.29, 1.82) is 0 Å². The fraction of sp³-hybridized carbons (Fsp3) is 0.417. The van der Waals surface area contributed by atoms with E-state index in [0.717, 1.165) is 0 Å². The van der Waals surface area contributed by atoms with Crippen molar-refractivity contribution in [2.75, 3.05) is 19.8 Å². The summed E-state index contributed by atoms with van der Waals surface area (Å²) in [6, 6.07) is 3.93. The predicted octanol–water partition coefficient (Wildman–Crippen LogP) is -0.375. The molecule has 2 aliphatic rings. The van der Waals surface area contributed by atoms with Gasteiger partial charge in [0.2, 0.25) is 15.9 Å². The van der Waals surface area contributed by atoms with Gasteiger partial charge in [-0.15, -0.1) is 0 Å². The summed E-state index contributed by atoms with van der Waals surface area (Å²) >= 11 is 0. The summed E-state index contributed by atoms with van der Waals surface area (Å²) in [6.45, 7) is 1.15. The van der Waals surface area contributed by atoms with Crippen molar-refractivity contribution in [2.24, 2.45) is 0 Å². The highest BCUT2D eigenvalue weighted by molar-refractivity contribution is 7.89. The van der Waals surface area contributed by atoms with Gasteiger partial charge in [0.1, 0.15) is 24.2 Å². The van der Waals surface area contributed by atoms with Crippen LogP contribution in [0.4, 0.5) is 0 Å². The Hall–Kier alpha value is -1.80. The van der Waals surface area contributed by atoms with Crippen molar-refractivity contribution in [3.63, 3.8) is 0 Å². The Balaban J connectivity index is 1.93. The second-order valence-electron chi connectivity index (χ2n) is 4.53. The lowest BCUT2D eigenvalue weighted by atomic mass is 10.3. The number of benzene rings is 1. The number of hydrogen-bond acceptors (Lipinski definition) is 5. The fourth-order valence-corrected chi connectivity index (χ4v) is 3.60. The lowest BCUT2D eigenvalue weighted by Crippen LogP contribution is -2.40. The molecular weight excluding hydrogens is 284 g/mol. The summed E-state index contributed by atoms with van der Waals surface area (Å²) in [5, 5.41) is 2.58. The number of ether oxygens (including phenoxy) is 2. The maximum atomic E-state index is 12.4. The van der Waals surface area contributed by atoms with Crippen molar-refractivity contribution in [3.05, 3.63) is 18.2 Å². The van der Waals surface area contributed by atoms with Gasteiger partial charge >= 0.3 is 0 Å². The largest absolute Gasteiger partial charge is 0.486 e. The monoisotopic (exact) mass is 298 g/mol. The lowest BCUT2D eigenvalue weighted by Gasteiger charge is -2.21. The molecule has 0 radical (unpaired) electrons. The Morgan fingerprint density at radius 1 is 1.25 bits per heavy atom. The smallest absolute Gasteiger partial charge is 0.245 e. The molecule has 1 atom stereocenters. The van der Waals surface area contributed by atoms with Crippen LogP contribution in [-0.4, -0.2) is 40.1 Å². The third kappa shape index (κ3) is 2.32. The molecule has 8 heteroatoms. The molecule has 2 aliphatic heterocycles. The molecule has 0 bridgehead atoms. The van der Waals surface area contributed by atoms with E-state index in [9.17, 15) is 13.2 Å². The molecule has 0 unspecified atom stereocenters. The molecule has 1 fully saturated rings. The number of carbonyl (C=O) groups is 1. The van der Waals surface area contributed by atoms with E-state index in [1.807, 2.05) is 0 Å². The second-order valence-corrected chi connectivity index (χ2v) is 6.22. The summed E-state index contributed by atoms with van der Waals surface area (Å²) in [5.41, 5.74) is 0. The van der Waals surface area contributed by atoms with Gasteiger partial charge in [-0.1, -0.05) is 6.07 Å². The van der Waals surface area contributed by atoms with Crippen molar-refractivity contribution >= 4 is 15.9 Å². The zero-order chi connectivity index (χ0) is 14.2. The molecule has 0 aliphatic carbocycles. The molecular formula is C12H14N2O5S. The molecule has 1 aromatic carbocycles. The van der Waals surface area contributed by atoms with E-state index in [1.54, 1.807) is 12.1 Å². The number of nitrogens with one attached hydrogen (secondary N) is 2. The highest BCUT2D eigenvalue weighted by atomic mass is 32.2. The standard InChI is InChI=1S/C12H14N2O5S/c15-12-8(4-5-13-12)14-20(16,17)10-3-1-2-9-11(10)19-7-6-18-9/h1-3,8,14H,4-7H2,(H,13,15)/t8-/m0/s1. The van der Waals surface area contributed by atoms with Crippen LogP contribution in [-0.2, 0) is 14.8 Å². The average molecular weight is 298 g/mol. The van der Waals surface area contributed by atoms with E-state index in [-0.39, 0.29) is 16.6 Å². The first-order chi connectivity index (χ1) is 9.58. The molecule has 0 saturated carbocycles. The molecule has 7 nitrogen and oxygen atoms in total. The number of para-hydroxylation sites is 1. The van der Waals surface area contributed by atoms with E-state index in [2.05, 4.69) is 10.0 Å². The normalized spacial score (nSPS) is 21.6. The number of amides is 1. The third-order valence-electron chi connectivity index (χ3n) is 3.17. The van der Waals surface area contributed by atoms with Crippen LogP contribution in [0.1, 0.15) is 6.42 Å². The zero-order valence-electron chi connectivity index (χ0n) is 10.6. The summed E-state index contributed by atoms with van der Waals surface area (Å²) in [7, 11) is -3.83. The summed E-state index contributed by atoms with van der Waals surface area (Å²) in [4.78, 5) is 11.5. The maximum absolute atomic E-state index is 12.4. The fourth-order valence-electron chi connectivity index (χ4n) is 2.22. The van der Waals surface area contributed by atoms with Crippen molar-refractivity contribution in [3.8, 4) is 11.5 Å².